The summed E-state index contributed by atoms with van der Waals surface area (Å²) >= 11 is 9.59. The Kier molecular flexibility index (Phi) is 6.49. The van der Waals surface area contributed by atoms with E-state index in [-0.39, 0.29) is 12.1 Å². The molecule has 0 saturated carbocycles. The molecule has 1 unspecified atom stereocenters. The maximum atomic E-state index is 6.03. The Labute approximate surface area is 117 Å². The molecule has 1 rings (SSSR count). The fourth-order valence-electron chi connectivity index (χ4n) is 1.58. The van der Waals surface area contributed by atoms with Crippen LogP contribution in [0.4, 0.5) is 0 Å². The molecule has 0 bridgehead atoms. The number of rotatable bonds is 6. The standard InChI is InChI=1S/C13H19BrClNO/c1-4-16-13(8-17-9(2)3)11-7-10(15)5-6-12(11)14/h5-7,9,13,16H,4,8H2,1-3H3. The molecule has 0 fully saturated rings. The first kappa shape index (κ1) is 15.0. The van der Waals surface area contributed by atoms with Gasteiger partial charge in [-0.05, 0) is 44.2 Å². The summed E-state index contributed by atoms with van der Waals surface area (Å²) in [7, 11) is 0. The summed E-state index contributed by atoms with van der Waals surface area (Å²) in [5, 5.41) is 4.15. The van der Waals surface area contributed by atoms with Crippen molar-refractivity contribution in [2.24, 2.45) is 0 Å². The number of benzene rings is 1. The van der Waals surface area contributed by atoms with E-state index >= 15 is 0 Å². The zero-order valence-corrected chi connectivity index (χ0v) is 12.8. The summed E-state index contributed by atoms with van der Waals surface area (Å²) < 4.78 is 6.74. The Hall–Kier alpha value is -0.0900. The van der Waals surface area contributed by atoms with Gasteiger partial charge in [-0.3, -0.25) is 0 Å². The minimum Gasteiger partial charge on any atom is -0.377 e. The molecule has 0 aliphatic carbocycles. The fraction of sp³-hybridized carbons (Fsp3) is 0.538. The van der Waals surface area contributed by atoms with Crippen LogP contribution >= 0.6 is 27.5 Å². The van der Waals surface area contributed by atoms with Crippen LogP contribution in [-0.2, 0) is 4.74 Å². The first-order valence-corrected chi connectivity index (χ1v) is 7.01. The van der Waals surface area contributed by atoms with E-state index in [1.165, 1.54) is 0 Å². The van der Waals surface area contributed by atoms with E-state index in [0.717, 1.165) is 21.6 Å². The zero-order chi connectivity index (χ0) is 12.8. The van der Waals surface area contributed by atoms with Crippen LogP contribution < -0.4 is 5.32 Å². The van der Waals surface area contributed by atoms with Crippen LogP contribution in [0, 0.1) is 0 Å². The smallest absolute Gasteiger partial charge is 0.0665 e. The third-order valence-electron chi connectivity index (χ3n) is 2.38. The molecular weight excluding hydrogens is 302 g/mol. The number of hydrogen-bond acceptors (Lipinski definition) is 2. The van der Waals surface area contributed by atoms with Crippen molar-refractivity contribution in [1.82, 2.24) is 5.32 Å². The average Bonchev–Trinajstić information content (AvgIpc) is 2.27. The highest BCUT2D eigenvalue weighted by atomic mass is 79.9. The topological polar surface area (TPSA) is 21.3 Å². The van der Waals surface area contributed by atoms with Crippen LogP contribution in [0.5, 0.6) is 0 Å². The summed E-state index contributed by atoms with van der Waals surface area (Å²) in [6.45, 7) is 7.70. The van der Waals surface area contributed by atoms with Crippen LogP contribution in [0.1, 0.15) is 32.4 Å². The lowest BCUT2D eigenvalue weighted by molar-refractivity contribution is 0.0613. The van der Waals surface area contributed by atoms with Gasteiger partial charge < -0.3 is 10.1 Å². The van der Waals surface area contributed by atoms with Crippen molar-refractivity contribution in [3.63, 3.8) is 0 Å². The first-order chi connectivity index (χ1) is 8.04. The summed E-state index contributed by atoms with van der Waals surface area (Å²) in [4.78, 5) is 0. The maximum Gasteiger partial charge on any atom is 0.0665 e. The Morgan fingerprint density at radius 3 is 2.71 bits per heavy atom. The molecule has 0 radical (unpaired) electrons. The van der Waals surface area contributed by atoms with Crippen molar-refractivity contribution in [2.45, 2.75) is 32.9 Å². The number of hydrogen-bond donors (Lipinski definition) is 1. The van der Waals surface area contributed by atoms with Gasteiger partial charge in [0.15, 0.2) is 0 Å². The van der Waals surface area contributed by atoms with Crippen molar-refractivity contribution >= 4 is 27.5 Å². The summed E-state index contributed by atoms with van der Waals surface area (Å²) in [6, 6.07) is 5.98. The van der Waals surface area contributed by atoms with Crippen molar-refractivity contribution in [2.75, 3.05) is 13.2 Å². The molecule has 2 nitrogen and oxygen atoms in total. The Balaban J connectivity index is 2.84. The van der Waals surface area contributed by atoms with Gasteiger partial charge in [-0.2, -0.15) is 0 Å². The van der Waals surface area contributed by atoms with E-state index < -0.39 is 0 Å². The van der Waals surface area contributed by atoms with Crippen molar-refractivity contribution in [3.05, 3.63) is 33.3 Å². The molecule has 0 aliphatic rings. The molecule has 1 aromatic carbocycles. The molecular formula is C13H19BrClNO. The number of likely N-dealkylation sites (N-methyl/N-ethyl adjacent to an activating group) is 1. The monoisotopic (exact) mass is 319 g/mol. The normalized spacial score (nSPS) is 13.1. The van der Waals surface area contributed by atoms with Crippen molar-refractivity contribution in [1.29, 1.82) is 0 Å². The largest absolute Gasteiger partial charge is 0.377 e. The van der Waals surface area contributed by atoms with Gasteiger partial charge in [0.2, 0.25) is 0 Å². The van der Waals surface area contributed by atoms with Crippen LogP contribution in [0.15, 0.2) is 22.7 Å². The maximum absolute atomic E-state index is 6.03. The van der Waals surface area contributed by atoms with E-state index in [1.807, 2.05) is 32.0 Å². The molecule has 0 amide bonds. The van der Waals surface area contributed by atoms with E-state index in [0.29, 0.717) is 6.61 Å². The Morgan fingerprint density at radius 2 is 2.12 bits per heavy atom. The van der Waals surface area contributed by atoms with Gasteiger partial charge in [-0.25, -0.2) is 0 Å². The summed E-state index contributed by atoms with van der Waals surface area (Å²) in [5.74, 6) is 0. The zero-order valence-electron chi connectivity index (χ0n) is 10.5. The second-order valence-electron chi connectivity index (χ2n) is 4.16. The lowest BCUT2D eigenvalue weighted by atomic mass is 10.1. The molecule has 1 atom stereocenters. The van der Waals surface area contributed by atoms with E-state index in [1.54, 1.807) is 0 Å². The molecule has 0 heterocycles. The predicted octanol–water partition coefficient (Wildman–Crippen LogP) is 4.18. The van der Waals surface area contributed by atoms with E-state index in [9.17, 15) is 0 Å². The summed E-state index contributed by atoms with van der Waals surface area (Å²) in [5.41, 5.74) is 1.14. The highest BCUT2D eigenvalue weighted by Crippen LogP contribution is 2.27. The molecule has 4 heteroatoms. The van der Waals surface area contributed by atoms with Crippen LogP contribution in [-0.4, -0.2) is 19.3 Å². The van der Waals surface area contributed by atoms with Crippen LogP contribution in [0.2, 0.25) is 5.02 Å². The Bertz CT molecular complexity index is 357. The molecule has 0 aromatic heterocycles. The minimum absolute atomic E-state index is 0.162. The van der Waals surface area contributed by atoms with Crippen molar-refractivity contribution in [3.8, 4) is 0 Å². The second kappa shape index (κ2) is 7.37. The van der Waals surface area contributed by atoms with Gasteiger partial charge in [0.05, 0.1) is 18.8 Å². The molecule has 0 spiro atoms. The van der Waals surface area contributed by atoms with Crippen LogP contribution in [0.25, 0.3) is 0 Å². The molecule has 0 aliphatic heterocycles. The fourth-order valence-corrected chi connectivity index (χ4v) is 2.28. The van der Waals surface area contributed by atoms with Gasteiger partial charge in [0.25, 0.3) is 0 Å². The Morgan fingerprint density at radius 1 is 1.41 bits per heavy atom. The lowest BCUT2D eigenvalue weighted by Gasteiger charge is -2.21. The van der Waals surface area contributed by atoms with Gasteiger partial charge in [0, 0.05) is 9.50 Å². The second-order valence-corrected chi connectivity index (χ2v) is 5.45. The van der Waals surface area contributed by atoms with Crippen molar-refractivity contribution < 1.29 is 4.74 Å². The van der Waals surface area contributed by atoms with Gasteiger partial charge in [-0.1, -0.05) is 34.5 Å². The molecule has 0 saturated heterocycles. The third kappa shape index (κ3) is 4.96. The van der Waals surface area contributed by atoms with Gasteiger partial charge in [0.1, 0.15) is 0 Å². The third-order valence-corrected chi connectivity index (χ3v) is 3.34. The predicted molar refractivity (Wildman–Crippen MR) is 76.7 cm³/mol. The SMILES string of the molecule is CCNC(COC(C)C)c1cc(Cl)ccc1Br. The minimum atomic E-state index is 0.162. The highest BCUT2D eigenvalue weighted by molar-refractivity contribution is 9.10. The molecule has 1 N–H and O–H groups in total. The van der Waals surface area contributed by atoms with E-state index in [2.05, 4.69) is 28.2 Å². The van der Waals surface area contributed by atoms with Gasteiger partial charge in [-0.15, -0.1) is 0 Å². The number of ether oxygens (including phenoxy) is 1. The number of nitrogens with one attached hydrogen (secondary N) is 1. The summed E-state index contributed by atoms with van der Waals surface area (Å²) in [6.07, 6.45) is 0.231. The van der Waals surface area contributed by atoms with E-state index in [4.69, 9.17) is 16.3 Å². The molecule has 1 aromatic rings. The quantitative estimate of drug-likeness (QED) is 0.849. The van der Waals surface area contributed by atoms with Crippen LogP contribution in [0.3, 0.4) is 0 Å². The highest BCUT2D eigenvalue weighted by Gasteiger charge is 2.14. The first-order valence-electron chi connectivity index (χ1n) is 5.84. The molecule has 17 heavy (non-hydrogen) atoms. The average molecular weight is 321 g/mol. The lowest BCUT2D eigenvalue weighted by Crippen LogP contribution is -2.27. The number of halogens is 2. The van der Waals surface area contributed by atoms with Gasteiger partial charge >= 0.3 is 0 Å². The molecule has 96 valence electrons.